The van der Waals surface area contributed by atoms with Gasteiger partial charge in [0, 0.05) is 17.8 Å². The zero-order chi connectivity index (χ0) is 10.2. The smallest absolute Gasteiger partial charge is 0.154 e. The molecule has 1 aromatic heterocycles. The highest BCUT2D eigenvalue weighted by molar-refractivity contribution is 5.73. The molecular weight excluding hydrogens is 172 g/mol. The van der Waals surface area contributed by atoms with Crippen molar-refractivity contribution < 1.29 is 0 Å². The van der Waals surface area contributed by atoms with Crippen LogP contribution in [0, 0.1) is 11.3 Å². The lowest BCUT2D eigenvalue weighted by atomic mass is 9.74. The number of hydrogen-bond donors (Lipinski definition) is 0. The fraction of sp³-hybridized carbons (Fsp3) is 0.500. The average molecular weight is 188 g/mol. The Morgan fingerprint density at radius 1 is 1.43 bits per heavy atom. The van der Waals surface area contributed by atoms with Crippen LogP contribution < -0.4 is 0 Å². The molecule has 0 bridgehead atoms. The Bertz CT molecular complexity index is 368. The highest BCUT2D eigenvalue weighted by atomic mass is 14.9. The van der Waals surface area contributed by atoms with E-state index in [-0.39, 0.29) is 5.41 Å². The minimum absolute atomic E-state index is 0.191. The Morgan fingerprint density at radius 3 is 2.93 bits per heavy atom. The molecule has 0 spiro atoms. The lowest BCUT2D eigenvalue weighted by Gasteiger charge is -2.32. The van der Waals surface area contributed by atoms with Gasteiger partial charge in [-0.05, 0) is 24.0 Å². The van der Waals surface area contributed by atoms with E-state index in [1.807, 2.05) is 6.07 Å². The van der Waals surface area contributed by atoms with Gasteiger partial charge in [0.1, 0.15) is 0 Å². The van der Waals surface area contributed by atoms with Gasteiger partial charge in [0.05, 0.1) is 0 Å². The molecule has 0 amide bonds. The van der Waals surface area contributed by atoms with E-state index in [1.165, 1.54) is 5.56 Å². The van der Waals surface area contributed by atoms with Crippen LogP contribution in [0.2, 0.25) is 0 Å². The number of fused-ring (bicyclic) bond motifs is 1. The summed E-state index contributed by atoms with van der Waals surface area (Å²) in [6.45, 7) is 6.75. The Hall–Kier alpha value is -1.18. The monoisotopic (exact) mass is 188 g/mol. The summed E-state index contributed by atoms with van der Waals surface area (Å²) in [6, 6.07) is 4.11. The van der Waals surface area contributed by atoms with Crippen molar-refractivity contribution in [1.82, 2.24) is 4.98 Å². The third-order valence-electron chi connectivity index (χ3n) is 3.24. The van der Waals surface area contributed by atoms with Crippen molar-refractivity contribution in [2.75, 3.05) is 0 Å². The van der Waals surface area contributed by atoms with Crippen molar-refractivity contribution in [3.63, 3.8) is 0 Å². The molecule has 1 aliphatic rings. The second-order valence-corrected chi connectivity index (χ2v) is 4.58. The van der Waals surface area contributed by atoms with Crippen LogP contribution in [-0.2, 0) is 6.42 Å². The first-order valence-corrected chi connectivity index (χ1v) is 5.11. The number of hydrogen-bond acceptors (Lipinski definition) is 2. The first-order valence-electron chi connectivity index (χ1n) is 5.11. The molecule has 2 rings (SSSR count). The molecule has 2 heterocycles. The van der Waals surface area contributed by atoms with E-state index in [4.69, 9.17) is 0 Å². The van der Waals surface area contributed by atoms with E-state index in [1.54, 1.807) is 6.20 Å². The largest absolute Gasteiger partial charge is 0.241 e. The summed E-state index contributed by atoms with van der Waals surface area (Å²) in [5.41, 5.74) is 1.46. The molecule has 0 aliphatic carbocycles. The summed E-state index contributed by atoms with van der Waals surface area (Å²) in [5.74, 6) is 1.50. The third-order valence-corrected chi connectivity index (χ3v) is 3.24. The summed E-state index contributed by atoms with van der Waals surface area (Å²) in [5, 5.41) is 0. The van der Waals surface area contributed by atoms with Crippen molar-refractivity contribution in [3.8, 4) is 0 Å². The van der Waals surface area contributed by atoms with Gasteiger partial charge in [0.2, 0.25) is 0 Å². The van der Waals surface area contributed by atoms with Crippen LogP contribution in [0.25, 0.3) is 0 Å². The Balaban J connectivity index is 2.38. The first-order chi connectivity index (χ1) is 6.62. The number of aromatic nitrogens is 1. The molecule has 0 radical (unpaired) electrons. The summed E-state index contributed by atoms with van der Waals surface area (Å²) in [7, 11) is 0. The molecule has 0 aromatic carbocycles. The maximum Gasteiger partial charge on any atom is 0.154 e. The fourth-order valence-corrected chi connectivity index (χ4v) is 1.70. The van der Waals surface area contributed by atoms with Crippen LogP contribution in [0.4, 0.5) is 5.82 Å². The fourth-order valence-electron chi connectivity index (χ4n) is 1.70. The van der Waals surface area contributed by atoms with E-state index < -0.39 is 0 Å². The summed E-state index contributed by atoms with van der Waals surface area (Å²) in [6.07, 6.45) is 4.92. The maximum atomic E-state index is 4.43. The Kier molecular flexibility index (Phi) is 2.14. The highest BCUT2D eigenvalue weighted by Crippen LogP contribution is 2.35. The number of pyridine rings is 1. The van der Waals surface area contributed by atoms with Crippen molar-refractivity contribution in [2.24, 2.45) is 16.3 Å². The second-order valence-electron chi connectivity index (χ2n) is 4.58. The minimum atomic E-state index is 0.191. The SMILES string of the molecule is CC(C)[C@@]1(C)C=Nc2ncccc2C1. The molecule has 14 heavy (non-hydrogen) atoms. The number of aliphatic imine (C=N–C) groups is 1. The standard InChI is InChI=1S/C12H16N2/c1-9(2)12(3)7-10-5-4-6-13-11(10)14-8-12/h4-6,8-9H,7H2,1-3H3/t12-/m1/s1. The van der Waals surface area contributed by atoms with E-state index in [0.717, 1.165) is 12.2 Å². The van der Waals surface area contributed by atoms with Crippen molar-refractivity contribution in [3.05, 3.63) is 23.9 Å². The molecule has 1 aromatic rings. The lowest BCUT2D eigenvalue weighted by molar-refractivity contribution is 0.332. The number of rotatable bonds is 1. The van der Waals surface area contributed by atoms with Crippen LogP contribution in [-0.4, -0.2) is 11.2 Å². The van der Waals surface area contributed by atoms with E-state index in [0.29, 0.717) is 5.92 Å². The predicted octanol–water partition coefficient (Wildman–Crippen LogP) is 3.00. The van der Waals surface area contributed by atoms with Gasteiger partial charge in [0.15, 0.2) is 5.82 Å². The van der Waals surface area contributed by atoms with Crippen LogP contribution in [0.1, 0.15) is 26.3 Å². The quantitative estimate of drug-likeness (QED) is 0.665. The summed E-state index contributed by atoms with van der Waals surface area (Å²) >= 11 is 0. The predicted molar refractivity (Wildman–Crippen MR) is 59.0 cm³/mol. The third kappa shape index (κ3) is 1.45. The molecule has 0 saturated carbocycles. The topological polar surface area (TPSA) is 25.2 Å². The minimum Gasteiger partial charge on any atom is -0.241 e. The van der Waals surface area contributed by atoms with Crippen LogP contribution in [0.3, 0.4) is 0 Å². The molecule has 0 saturated heterocycles. The van der Waals surface area contributed by atoms with Gasteiger partial charge in [-0.2, -0.15) is 0 Å². The van der Waals surface area contributed by atoms with Crippen molar-refractivity contribution in [1.29, 1.82) is 0 Å². The van der Waals surface area contributed by atoms with E-state index in [2.05, 4.69) is 43.0 Å². The second kappa shape index (κ2) is 3.19. The molecule has 1 atom stereocenters. The van der Waals surface area contributed by atoms with Crippen molar-refractivity contribution >= 4 is 12.0 Å². The lowest BCUT2D eigenvalue weighted by Crippen LogP contribution is -2.30. The normalized spacial score (nSPS) is 25.1. The van der Waals surface area contributed by atoms with Crippen LogP contribution >= 0.6 is 0 Å². The molecule has 2 nitrogen and oxygen atoms in total. The highest BCUT2D eigenvalue weighted by Gasteiger charge is 2.30. The molecule has 2 heteroatoms. The maximum absolute atomic E-state index is 4.43. The zero-order valence-electron chi connectivity index (χ0n) is 8.99. The molecule has 0 unspecified atom stereocenters. The number of nitrogens with zero attached hydrogens (tertiary/aromatic N) is 2. The molecule has 74 valence electrons. The van der Waals surface area contributed by atoms with Gasteiger partial charge in [-0.1, -0.05) is 26.8 Å². The molecular formula is C12H16N2. The van der Waals surface area contributed by atoms with Gasteiger partial charge < -0.3 is 0 Å². The van der Waals surface area contributed by atoms with Gasteiger partial charge in [-0.15, -0.1) is 0 Å². The summed E-state index contributed by atoms with van der Waals surface area (Å²) in [4.78, 5) is 8.68. The van der Waals surface area contributed by atoms with Crippen molar-refractivity contribution in [2.45, 2.75) is 27.2 Å². The van der Waals surface area contributed by atoms with E-state index >= 15 is 0 Å². The molecule has 1 aliphatic heterocycles. The Labute approximate surface area is 85.1 Å². The van der Waals surface area contributed by atoms with Crippen LogP contribution in [0.15, 0.2) is 23.3 Å². The van der Waals surface area contributed by atoms with Gasteiger partial charge >= 0.3 is 0 Å². The van der Waals surface area contributed by atoms with Crippen LogP contribution in [0.5, 0.6) is 0 Å². The summed E-state index contributed by atoms with van der Waals surface area (Å²) < 4.78 is 0. The molecule has 0 fully saturated rings. The van der Waals surface area contributed by atoms with Gasteiger partial charge in [-0.3, -0.25) is 0 Å². The zero-order valence-corrected chi connectivity index (χ0v) is 8.99. The van der Waals surface area contributed by atoms with Gasteiger partial charge in [-0.25, -0.2) is 9.98 Å². The molecule has 0 N–H and O–H groups in total. The van der Waals surface area contributed by atoms with E-state index in [9.17, 15) is 0 Å². The first kappa shape index (κ1) is 9.38. The van der Waals surface area contributed by atoms with Gasteiger partial charge in [0.25, 0.3) is 0 Å². The average Bonchev–Trinajstić information content (AvgIpc) is 2.17. The Morgan fingerprint density at radius 2 is 2.21 bits per heavy atom.